The number of esters is 1. The summed E-state index contributed by atoms with van der Waals surface area (Å²) in [5, 5.41) is 3.90. The van der Waals surface area contributed by atoms with Crippen LogP contribution in [0, 0.1) is 0 Å². The van der Waals surface area contributed by atoms with Crippen LogP contribution in [0.15, 0.2) is 47.0 Å². The van der Waals surface area contributed by atoms with Crippen molar-refractivity contribution in [1.82, 2.24) is 10.1 Å². The van der Waals surface area contributed by atoms with E-state index in [-0.39, 0.29) is 5.97 Å². The molecule has 0 amide bonds. The van der Waals surface area contributed by atoms with Gasteiger partial charge in [0.25, 0.3) is 5.89 Å². The van der Waals surface area contributed by atoms with Crippen LogP contribution in [0.5, 0.6) is 0 Å². The highest BCUT2D eigenvalue weighted by Crippen LogP contribution is 2.36. The molecule has 1 heterocycles. The van der Waals surface area contributed by atoms with Crippen molar-refractivity contribution in [3.63, 3.8) is 0 Å². The van der Waals surface area contributed by atoms with Crippen molar-refractivity contribution >= 4 is 5.97 Å². The van der Waals surface area contributed by atoms with Crippen LogP contribution in [0.3, 0.4) is 0 Å². The largest absolute Gasteiger partial charge is 0.449 e. The number of rotatable bonds is 5. The van der Waals surface area contributed by atoms with Crippen molar-refractivity contribution in [2.24, 2.45) is 0 Å². The van der Waals surface area contributed by atoms with E-state index >= 15 is 0 Å². The molecule has 1 atom stereocenters. The fourth-order valence-electron chi connectivity index (χ4n) is 3.31. The molecule has 0 fully saturated rings. The smallest absolute Gasteiger partial charge is 0.338 e. The summed E-state index contributed by atoms with van der Waals surface area (Å²) in [5.74, 6) is 0.586. The van der Waals surface area contributed by atoms with E-state index in [4.69, 9.17) is 9.26 Å². The Morgan fingerprint density at radius 1 is 1.19 bits per heavy atom. The molecule has 4 rings (SSSR count). The summed E-state index contributed by atoms with van der Waals surface area (Å²) < 4.78 is 10.7. The first-order valence-corrected chi connectivity index (χ1v) is 8.90. The summed E-state index contributed by atoms with van der Waals surface area (Å²) in [7, 11) is 0. The van der Waals surface area contributed by atoms with Crippen LogP contribution in [0.1, 0.15) is 59.6 Å². The summed E-state index contributed by atoms with van der Waals surface area (Å²) in [6.07, 6.45) is 1.94. The predicted octanol–water partition coefficient (Wildman–Crippen LogP) is 4.51. The third kappa shape index (κ3) is 3.01. The minimum absolute atomic E-state index is 0.329. The fraction of sp³-hybridized carbons (Fsp3) is 0.286. The maximum absolute atomic E-state index is 12.5. The molecular formula is C21H20N2O3. The van der Waals surface area contributed by atoms with E-state index in [1.165, 1.54) is 16.7 Å². The molecular weight excluding hydrogens is 328 g/mol. The zero-order valence-corrected chi connectivity index (χ0v) is 14.9. The van der Waals surface area contributed by atoms with E-state index in [1.54, 1.807) is 6.92 Å². The van der Waals surface area contributed by atoms with E-state index in [2.05, 4.69) is 22.3 Å². The summed E-state index contributed by atoms with van der Waals surface area (Å²) in [5.41, 5.74) is 5.40. The minimum atomic E-state index is -0.578. The molecule has 1 aliphatic rings. The molecule has 0 spiro atoms. The van der Waals surface area contributed by atoms with Gasteiger partial charge in [0.2, 0.25) is 0 Å². The Hall–Kier alpha value is -2.95. The second kappa shape index (κ2) is 6.75. The first-order valence-electron chi connectivity index (χ1n) is 8.90. The summed E-state index contributed by atoms with van der Waals surface area (Å²) in [4.78, 5) is 16.8. The molecule has 0 N–H and O–H groups in total. The monoisotopic (exact) mass is 348 g/mol. The summed E-state index contributed by atoms with van der Waals surface area (Å²) in [6.45, 7) is 3.79. The first-order chi connectivity index (χ1) is 12.7. The molecule has 2 aromatic carbocycles. The van der Waals surface area contributed by atoms with Gasteiger partial charge in [-0.05, 0) is 54.2 Å². The number of aromatic nitrogens is 2. The van der Waals surface area contributed by atoms with Crippen LogP contribution in [-0.4, -0.2) is 16.1 Å². The van der Waals surface area contributed by atoms with Gasteiger partial charge < -0.3 is 9.26 Å². The van der Waals surface area contributed by atoms with Gasteiger partial charge in [-0.25, -0.2) is 4.79 Å². The molecule has 1 unspecified atom stereocenters. The number of benzene rings is 2. The SMILES string of the molecule is CCCc1noc(C(C)OC(=O)c2ccc3c(c2)Cc2ccccc2-3)n1. The van der Waals surface area contributed by atoms with E-state index in [0.29, 0.717) is 17.3 Å². The average Bonchev–Trinajstić information content (AvgIpc) is 3.25. The molecule has 3 aromatic rings. The third-order valence-corrected chi connectivity index (χ3v) is 4.62. The lowest BCUT2D eigenvalue weighted by atomic mass is 10.0. The third-order valence-electron chi connectivity index (χ3n) is 4.62. The Bertz CT molecular complexity index is 961. The summed E-state index contributed by atoms with van der Waals surface area (Å²) in [6, 6.07) is 14.0. The van der Waals surface area contributed by atoms with Gasteiger partial charge in [-0.2, -0.15) is 4.98 Å². The highest BCUT2D eigenvalue weighted by atomic mass is 16.6. The molecule has 5 heteroatoms. The number of hydrogen-bond donors (Lipinski definition) is 0. The van der Waals surface area contributed by atoms with Crippen LogP contribution in [0.25, 0.3) is 11.1 Å². The van der Waals surface area contributed by atoms with E-state index in [9.17, 15) is 4.79 Å². The molecule has 0 radical (unpaired) electrons. The van der Waals surface area contributed by atoms with Gasteiger partial charge in [0.1, 0.15) is 0 Å². The van der Waals surface area contributed by atoms with E-state index in [0.717, 1.165) is 24.8 Å². The lowest BCUT2D eigenvalue weighted by Gasteiger charge is -2.10. The van der Waals surface area contributed by atoms with E-state index in [1.807, 2.05) is 37.3 Å². The van der Waals surface area contributed by atoms with Crippen molar-refractivity contribution in [2.75, 3.05) is 0 Å². The minimum Gasteiger partial charge on any atom is -0.449 e. The van der Waals surface area contributed by atoms with Gasteiger partial charge in [-0.15, -0.1) is 0 Å². The van der Waals surface area contributed by atoms with Crippen molar-refractivity contribution in [3.8, 4) is 11.1 Å². The van der Waals surface area contributed by atoms with Crippen LogP contribution >= 0.6 is 0 Å². The van der Waals surface area contributed by atoms with Crippen LogP contribution < -0.4 is 0 Å². The Morgan fingerprint density at radius 3 is 2.85 bits per heavy atom. The van der Waals surface area contributed by atoms with Crippen LogP contribution in [0.2, 0.25) is 0 Å². The number of nitrogens with zero attached hydrogens (tertiary/aromatic N) is 2. The van der Waals surface area contributed by atoms with Gasteiger partial charge in [0, 0.05) is 6.42 Å². The number of carbonyl (C=O) groups excluding carboxylic acids is 1. The Morgan fingerprint density at radius 2 is 2.00 bits per heavy atom. The molecule has 5 nitrogen and oxygen atoms in total. The molecule has 0 saturated carbocycles. The molecule has 26 heavy (non-hydrogen) atoms. The normalized spacial score (nSPS) is 13.2. The predicted molar refractivity (Wildman–Crippen MR) is 96.8 cm³/mol. The standard InChI is InChI=1S/C21H20N2O3/c1-3-6-19-22-20(26-23-19)13(2)25-21(24)15-9-10-18-16(12-15)11-14-7-4-5-8-17(14)18/h4-5,7-10,12-13H,3,6,11H2,1-2H3. The zero-order valence-electron chi connectivity index (χ0n) is 14.9. The summed E-state index contributed by atoms with van der Waals surface area (Å²) >= 11 is 0. The maximum atomic E-state index is 12.5. The number of fused-ring (bicyclic) bond motifs is 3. The fourth-order valence-corrected chi connectivity index (χ4v) is 3.31. The van der Waals surface area contributed by atoms with Crippen molar-refractivity contribution in [2.45, 2.75) is 39.2 Å². The lowest BCUT2D eigenvalue weighted by molar-refractivity contribution is 0.0265. The molecule has 0 bridgehead atoms. The van der Waals surface area contributed by atoms with Crippen LogP contribution in [0.4, 0.5) is 0 Å². The second-order valence-electron chi connectivity index (χ2n) is 6.55. The zero-order chi connectivity index (χ0) is 18.1. The van der Waals surface area contributed by atoms with Crippen LogP contribution in [-0.2, 0) is 17.6 Å². The van der Waals surface area contributed by atoms with Gasteiger partial charge in [-0.1, -0.05) is 42.4 Å². The molecule has 132 valence electrons. The molecule has 1 aromatic heterocycles. The Labute approximate surface area is 152 Å². The van der Waals surface area contributed by atoms with Gasteiger partial charge in [-0.3, -0.25) is 0 Å². The second-order valence-corrected chi connectivity index (χ2v) is 6.55. The highest BCUT2D eigenvalue weighted by Gasteiger charge is 2.22. The quantitative estimate of drug-likeness (QED) is 0.496. The Kier molecular flexibility index (Phi) is 4.29. The number of aryl methyl sites for hydroxylation is 1. The van der Waals surface area contributed by atoms with Gasteiger partial charge in [0.15, 0.2) is 11.9 Å². The lowest BCUT2D eigenvalue weighted by Crippen LogP contribution is -2.10. The number of hydrogen-bond acceptors (Lipinski definition) is 5. The van der Waals surface area contributed by atoms with Crippen molar-refractivity contribution < 1.29 is 14.1 Å². The molecule has 0 aliphatic heterocycles. The van der Waals surface area contributed by atoms with Crippen molar-refractivity contribution in [1.29, 1.82) is 0 Å². The first kappa shape index (κ1) is 16.5. The maximum Gasteiger partial charge on any atom is 0.338 e. The van der Waals surface area contributed by atoms with Gasteiger partial charge in [0.05, 0.1) is 5.56 Å². The molecule has 0 saturated heterocycles. The number of ether oxygens (including phenoxy) is 1. The van der Waals surface area contributed by atoms with Crippen molar-refractivity contribution in [3.05, 3.63) is 70.9 Å². The van der Waals surface area contributed by atoms with E-state index < -0.39 is 6.10 Å². The number of carbonyl (C=O) groups is 1. The molecule has 1 aliphatic carbocycles. The average molecular weight is 348 g/mol. The van der Waals surface area contributed by atoms with Gasteiger partial charge >= 0.3 is 5.97 Å². The highest BCUT2D eigenvalue weighted by molar-refractivity contribution is 5.91. The Balaban J connectivity index is 1.49. The topological polar surface area (TPSA) is 65.2 Å².